The van der Waals surface area contributed by atoms with Crippen LogP contribution < -0.4 is 0 Å². The second-order valence-corrected chi connectivity index (χ2v) is 3.32. The van der Waals surface area contributed by atoms with Crippen LogP contribution in [0.3, 0.4) is 0 Å². The lowest BCUT2D eigenvalue weighted by Crippen LogP contribution is -2.20. The Morgan fingerprint density at radius 2 is 1.77 bits per heavy atom. The van der Waals surface area contributed by atoms with Crippen LogP contribution in [-0.4, -0.2) is 11.3 Å². The maximum Gasteiger partial charge on any atom is 0.418 e. The molecule has 0 radical (unpaired) electrons. The summed E-state index contributed by atoms with van der Waals surface area (Å²) in [6.45, 7) is 0. The molecule has 0 spiro atoms. The Morgan fingerprint density at radius 1 is 1.23 bits per heavy atom. The van der Waals surface area contributed by atoms with Crippen molar-refractivity contribution in [2.45, 2.75) is 12.3 Å². The van der Waals surface area contributed by atoms with Gasteiger partial charge in [-0.1, -0.05) is 34.1 Å². The average molecular weight is 255 g/mol. The molecule has 1 aromatic rings. The van der Waals surface area contributed by atoms with Gasteiger partial charge in [-0.3, -0.25) is 0 Å². The standard InChI is InChI=1S/C8H6BrF3O/c9-6-4-2-1-3-5(6)7(13)8(10,11)12/h1-4,7,13H. The summed E-state index contributed by atoms with van der Waals surface area (Å²) in [5.74, 6) is 0. The van der Waals surface area contributed by atoms with Gasteiger partial charge in [0.25, 0.3) is 0 Å². The zero-order chi connectivity index (χ0) is 10.1. The van der Waals surface area contributed by atoms with Crippen LogP contribution in [0.25, 0.3) is 0 Å². The predicted octanol–water partition coefficient (Wildman–Crippen LogP) is 3.04. The maximum atomic E-state index is 12.0. The highest BCUT2D eigenvalue weighted by atomic mass is 79.9. The van der Waals surface area contributed by atoms with Gasteiger partial charge in [0.1, 0.15) is 0 Å². The van der Waals surface area contributed by atoms with Crippen LogP contribution >= 0.6 is 15.9 Å². The Hall–Kier alpha value is -0.550. The zero-order valence-electron chi connectivity index (χ0n) is 6.35. The molecule has 0 aromatic heterocycles. The van der Waals surface area contributed by atoms with E-state index in [4.69, 9.17) is 5.11 Å². The van der Waals surface area contributed by atoms with E-state index < -0.39 is 12.3 Å². The number of benzene rings is 1. The molecule has 0 amide bonds. The van der Waals surface area contributed by atoms with E-state index in [1.165, 1.54) is 18.2 Å². The highest BCUT2D eigenvalue weighted by Crippen LogP contribution is 2.35. The molecule has 1 aromatic carbocycles. The van der Waals surface area contributed by atoms with Crippen LogP contribution in [-0.2, 0) is 0 Å². The zero-order valence-corrected chi connectivity index (χ0v) is 7.93. The fourth-order valence-corrected chi connectivity index (χ4v) is 1.37. The third-order valence-electron chi connectivity index (χ3n) is 1.51. The van der Waals surface area contributed by atoms with E-state index in [1.54, 1.807) is 6.07 Å². The van der Waals surface area contributed by atoms with Crippen molar-refractivity contribution < 1.29 is 18.3 Å². The molecule has 0 aliphatic heterocycles. The van der Waals surface area contributed by atoms with Crippen LogP contribution in [0.2, 0.25) is 0 Å². The number of hydrogen-bond acceptors (Lipinski definition) is 1. The first kappa shape index (κ1) is 10.5. The number of aliphatic hydroxyl groups excluding tert-OH is 1. The Kier molecular flexibility index (Phi) is 2.98. The van der Waals surface area contributed by atoms with Gasteiger partial charge in [-0.05, 0) is 6.07 Å². The Labute approximate surface area is 81.3 Å². The summed E-state index contributed by atoms with van der Waals surface area (Å²) in [6.07, 6.45) is -7.05. The van der Waals surface area contributed by atoms with Crippen molar-refractivity contribution in [2.24, 2.45) is 0 Å². The van der Waals surface area contributed by atoms with Crippen LogP contribution in [0.5, 0.6) is 0 Å². The van der Waals surface area contributed by atoms with E-state index in [-0.39, 0.29) is 10.0 Å². The van der Waals surface area contributed by atoms with Gasteiger partial charge in [0, 0.05) is 10.0 Å². The molecule has 0 aliphatic carbocycles. The molecular weight excluding hydrogens is 249 g/mol. The van der Waals surface area contributed by atoms with E-state index in [0.717, 1.165) is 0 Å². The normalized spacial score (nSPS) is 14.2. The Bertz CT molecular complexity index is 298. The SMILES string of the molecule is OC(c1ccccc1Br)C(F)(F)F. The molecule has 5 heteroatoms. The van der Waals surface area contributed by atoms with Gasteiger partial charge in [0.15, 0.2) is 6.10 Å². The number of rotatable bonds is 1. The maximum absolute atomic E-state index is 12.0. The predicted molar refractivity (Wildman–Crippen MR) is 45.2 cm³/mol. The summed E-state index contributed by atoms with van der Waals surface area (Å²) in [5.41, 5.74) is -0.171. The number of alkyl halides is 3. The molecule has 1 atom stereocenters. The molecule has 0 aliphatic rings. The number of halogens is 4. The van der Waals surface area contributed by atoms with E-state index in [1.807, 2.05) is 0 Å². The summed E-state index contributed by atoms with van der Waals surface area (Å²) in [5, 5.41) is 8.88. The van der Waals surface area contributed by atoms with E-state index in [0.29, 0.717) is 0 Å². The Balaban J connectivity index is 3.02. The first-order valence-corrected chi connectivity index (χ1v) is 4.21. The minimum atomic E-state index is -4.62. The molecule has 1 rings (SSSR count). The molecule has 13 heavy (non-hydrogen) atoms. The Morgan fingerprint density at radius 3 is 2.23 bits per heavy atom. The summed E-state index contributed by atoms with van der Waals surface area (Å²) < 4.78 is 36.4. The second-order valence-electron chi connectivity index (χ2n) is 2.47. The van der Waals surface area contributed by atoms with Crippen molar-refractivity contribution in [1.82, 2.24) is 0 Å². The molecule has 0 heterocycles. The highest BCUT2D eigenvalue weighted by molar-refractivity contribution is 9.10. The summed E-state index contributed by atoms with van der Waals surface area (Å²) >= 11 is 2.93. The third kappa shape index (κ3) is 2.45. The van der Waals surface area contributed by atoms with Crippen LogP contribution in [0, 0.1) is 0 Å². The van der Waals surface area contributed by atoms with Crippen LogP contribution in [0.15, 0.2) is 28.7 Å². The summed E-state index contributed by atoms with van der Waals surface area (Å²) in [6, 6.07) is 5.69. The van der Waals surface area contributed by atoms with Gasteiger partial charge >= 0.3 is 6.18 Å². The fraction of sp³-hybridized carbons (Fsp3) is 0.250. The van der Waals surface area contributed by atoms with Crippen molar-refractivity contribution >= 4 is 15.9 Å². The molecule has 0 bridgehead atoms. The first-order chi connectivity index (χ1) is 5.93. The van der Waals surface area contributed by atoms with E-state index in [9.17, 15) is 13.2 Å². The van der Waals surface area contributed by atoms with Crippen LogP contribution in [0.1, 0.15) is 11.7 Å². The minimum absolute atomic E-state index is 0.171. The van der Waals surface area contributed by atoms with Crippen molar-refractivity contribution in [3.05, 3.63) is 34.3 Å². The van der Waals surface area contributed by atoms with Gasteiger partial charge in [-0.25, -0.2) is 0 Å². The fourth-order valence-electron chi connectivity index (χ4n) is 0.873. The van der Waals surface area contributed by atoms with E-state index in [2.05, 4.69) is 15.9 Å². The quantitative estimate of drug-likeness (QED) is 0.817. The minimum Gasteiger partial charge on any atom is -0.379 e. The highest BCUT2D eigenvalue weighted by Gasteiger charge is 2.40. The summed E-state index contributed by atoms with van der Waals surface area (Å²) in [7, 11) is 0. The topological polar surface area (TPSA) is 20.2 Å². The molecule has 0 fully saturated rings. The smallest absolute Gasteiger partial charge is 0.379 e. The van der Waals surface area contributed by atoms with Crippen molar-refractivity contribution in [3.63, 3.8) is 0 Å². The van der Waals surface area contributed by atoms with Crippen LogP contribution in [0.4, 0.5) is 13.2 Å². The number of aliphatic hydroxyl groups is 1. The van der Waals surface area contributed by atoms with Gasteiger partial charge in [-0.2, -0.15) is 13.2 Å². The lowest BCUT2D eigenvalue weighted by molar-refractivity contribution is -0.207. The second kappa shape index (κ2) is 3.67. The van der Waals surface area contributed by atoms with E-state index >= 15 is 0 Å². The summed E-state index contributed by atoms with van der Waals surface area (Å²) in [4.78, 5) is 0. The first-order valence-electron chi connectivity index (χ1n) is 3.42. The monoisotopic (exact) mass is 254 g/mol. The van der Waals surface area contributed by atoms with Crippen molar-refractivity contribution in [1.29, 1.82) is 0 Å². The lowest BCUT2D eigenvalue weighted by Gasteiger charge is -2.15. The van der Waals surface area contributed by atoms with Crippen molar-refractivity contribution in [2.75, 3.05) is 0 Å². The van der Waals surface area contributed by atoms with Gasteiger partial charge < -0.3 is 5.11 Å². The molecule has 72 valence electrons. The third-order valence-corrected chi connectivity index (χ3v) is 2.23. The molecule has 1 N–H and O–H groups in total. The molecule has 1 nitrogen and oxygen atoms in total. The largest absolute Gasteiger partial charge is 0.418 e. The average Bonchev–Trinajstić information content (AvgIpc) is 2.02. The van der Waals surface area contributed by atoms with Crippen molar-refractivity contribution in [3.8, 4) is 0 Å². The number of hydrogen-bond donors (Lipinski definition) is 1. The molecular formula is C8H6BrF3O. The molecule has 0 saturated carbocycles. The van der Waals surface area contributed by atoms with Gasteiger partial charge in [-0.15, -0.1) is 0 Å². The van der Waals surface area contributed by atoms with Gasteiger partial charge in [0.2, 0.25) is 0 Å². The molecule has 1 unspecified atom stereocenters. The lowest BCUT2D eigenvalue weighted by atomic mass is 10.1. The van der Waals surface area contributed by atoms with Gasteiger partial charge in [0.05, 0.1) is 0 Å². The molecule has 0 saturated heterocycles.